The highest BCUT2D eigenvalue weighted by Crippen LogP contribution is 2.23. The zero-order chi connectivity index (χ0) is 16.1. The Labute approximate surface area is 122 Å². The van der Waals surface area contributed by atoms with E-state index in [0.717, 1.165) is 0 Å². The number of aliphatic carboxylic acids is 1. The van der Waals surface area contributed by atoms with Crippen LogP contribution in [0.5, 0.6) is 0 Å². The van der Waals surface area contributed by atoms with Crippen LogP contribution in [0, 0.1) is 17.3 Å². The van der Waals surface area contributed by atoms with E-state index in [0.29, 0.717) is 12.3 Å². The number of hydrogen-bond donors (Lipinski definition) is 2. The number of rotatable bonds is 6. The van der Waals surface area contributed by atoms with Crippen molar-refractivity contribution < 1.29 is 14.7 Å². The molecule has 0 saturated heterocycles. The number of carbonyl (C=O) groups excluding carboxylic acids is 1. The predicted molar refractivity (Wildman–Crippen MR) is 80.7 cm³/mol. The first-order valence-corrected chi connectivity index (χ1v) is 7.20. The first-order valence-electron chi connectivity index (χ1n) is 7.20. The number of carboxylic acids is 1. The molecule has 0 aliphatic rings. The van der Waals surface area contributed by atoms with E-state index in [4.69, 9.17) is 5.11 Å². The van der Waals surface area contributed by atoms with Crippen molar-refractivity contribution in [2.45, 2.75) is 54.0 Å². The maximum atomic E-state index is 12.1. The van der Waals surface area contributed by atoms with Crippen molar-refractivity contribution in [3.8, 4) is 0 Å². The Morgan fingerprint density at radius 3 is 2.05 bits per heavy atom. The first kappa shape index (κ1) is 18.7. The number of carbonyl (C=O) groups is 2. The Hall–Kier alpha value is -1.26. The van der Waals surface area contributed by atoms with E-state index >= 15 is 0 Å². The largest absolute Gasteiger partial charge is 0.481 e. The van der Waals surface area contributed by atoms with Crippen molar-refractivity contribution in [1.29, 1.82) is 0 Å². The second-order valence-corrected chi connectivity index (χ2v) is 7.00. The second-order valence-electron chi connectivity index (χ2n) is 7.00. The number of nitrogens with zero attached hydrogens (tertiary/aromatic N) is 1. The van der Waals surface area contributed by atoms with Crippen LogP contribution in [0.4, 0.5) is 4.79 Å². The molecule has 2 N–H and O–H groups in total. The summed E-state index contributed by atoms with van der Waals surface area (Å²) in [5, 5.41) is 11.9. The van der Waals surface area contributed by atoms with Crippen molar-refractivity contribution >= 4 is 12.0 Å². The van der Waals surface area contributed by atoms with Crippen LogP contribution in [0.1, 0.15) is 48.0 Å². The van der Waals surface area contributed by atoms with Crippen molar-refractivity contribution in [2.24, 2.45) is 17.3 Å². The third-order valence-electron chi connectivity index (χ3n) is 3.76. The summed E-state index contributed by atoms with van der Waals surface area (Å²) in [7, 11) is 1.74. The molecule has 2 atom stereocenters. The zero-order valence-corrected chi connectivity index (χ0v) is 13.9. The van der Waals surface area contributed by atoms with Crippen LogP contribution in [-0.4, -0.2) is 41.6 Å². The van der Waals surface area contributed by atoms with Crippen LogP contribution >= 0.6 is 0 Å². The summed E-state index contributed by atoms with van der Waals surface area (Å²) < 4.78 is 0. The maximum Gasteiger partial charge on any atom is 0.317 e. The summed E-state index contributed by atoms with van der Waals surface area (Å²) in [5.74, 6) is -1.10. The fourth-order valence-corrected chi connectivity index (χ4v) is 1.93. The number of amides is 2. The maximum absolute atomic E-state index is 12.1. The fraction of sp³-hybridized carbons (Fsp3) is 0.867. The lowest BCUT2D eigenvalue weighted by Crippen LogP contribution is -2.49. The Morgan fingerprint density at radius 1 is 1.20 bits per heavy atom. The van der Waals surface area contributed by atoms with Gasteiger partial charge in [0.1, 0.15) is 0 Å². The molecule has 0 aliphatic heterocycles. The average molecular weight is 286 g/mol. The van der Waals surface area contributed by atoms with E-state index in [1.54, 1.807) is 11.9 Å². The van der Waals surface area contributed by atoms with Crippen LogP contribution in [0.15, 0.2) is 0 Å². The highest BCUT2D eigenvalue weighted by atomic mass is 16.4. The zero-order valence-electron chi connectivity index (χ0n) is 13.9. The molecule has 5 heteroatoms. The lowest BCUT2D eigenvalue weighted by molar-refractivity contribution is -0.142. The standard InChI is InChI=1S/C15H30N2O3/c1-10(2)8-12(13(18)19)9-16-14(20)17(7)11(3)15(4,5)6/h10-12H,8-9H2,1-7H3,(H,16,20)(H,18,19). The van der Waals surface area contributed by atoms with Crippen LogP contribution in [0.3, 0.4) is 0 Å². The second kappa shape index (κ2) is 7.50. The van der Waals surface area contributed by atoms with Gasteiger partial charge in [-0.25, -0.2) is 4.79 Å². The molecule has 0 radical (unpaired) electrons. The average Bonchev–Trinajstić information content (AvgIpc) is 2.30. The molecular formula is C15H30N2O3. The molecule has 0 aromatic heterocycles. The third-order valence-corrected chi connectivity index (χ3v) is 3.76. The number of urea groups is 1. The molecule has 0 spiro atoms. The fourth-order valence-electron chi connectivity index (χ4n) is 1.93. The SMILES string of the molecule is CC(C)CC(CNC(=O)N(C)C(C)C(C)(C)C)C(=O)O. The molecule has 20 heavy (non-hydrogen) atoms. The van der Waals surface area contributed by atoms with Crippen molar-refractivity contribution in [3.05, 3.63) is 0 Å². The minimum atomic E-state index is -0.856. The highest BCUT2D eigenvalue weighted by Gasteiger charge is 2.28. The topological polar surface area (TPSA) is 69.6 Å². The van der Waals surface area contributed by atoms with Gasteiger partial charge in [0.25, 0.3) is 0 Å². The van der Waals surface area contributed by atoms with Crippen LogP contribution < -0.4 is 5.32 Å². The number of nitrogens with one attached hydrogen (secondary N) is 1. The summed E-state index contributed by atoms with van der Waals surface area (Å²) >= 11 is 0. The van der Waals surface area contributed by atoms with Gasteiger partial charge in [0.15, 0.2) is 0 Å². The first-order chi connectivity index (χ1) is 8.96. The lowest BCUT2D eigenvalue weighted by Gasteiger charge is -2.35. The smallest absolute Gasteiger partial charge is 0.317 e. The predicted octanol–water partition coefficient (Wildman–Crippen LogP) is 2.81. The minimum absolute atomic E-state index is 0.0176. The van der Waals surface area contributed by atoms with Gasteiger partial charge in [-0.15, -0.1) is 0 Å². The summed E-state index contributed by atoms with van der Waals surface area (Å²) in [4.78, 5) is 24.8. The molecule has 0 aliphatic carbocycles. The van der Waals surface area contributed by atoms with E-state index in [-0.39, 0.29) is 24.0 Å². The Kier molecular flexibility index (Phi) is 7.03. The van der Waals surface area contributed by atoms with Crippen LogP contribution in [0.25, 0.3) is 0 Å². The Morgan fingerprint density at radius 2 is 1.70 bits per heavy atom. The molecule has 0 saturated carbocycles. The van der Waals surface area contributed by atoms with E-state index in [2.05, 4.69) is 26.1 Å². The molecule has 2 unspecified atom stereocenters. The van der Waals surface area contributed by atoms with Gasteiger partial charge in [-0.2, -0.15) is 0 Å². The molecule has 0 rings (SSSR count). The van der Waals surface area contributed by atoms with Crippen LogP contribution in [-0.2, 0) is 4.79 Å². The molecule has 0 aromatic carbocycles. The molecule has 0 aromatic rings. The van der Waals surface area contributed by atoms with Gasteiger partial charge in [0.05, 0.1) is 5.92 Å². The quantitative estimate of drug-likeness (QED) is 0.789. The molecule has 2 amide bonds. The van der Waals surface area contributed by atoms with Crippen molar-refractivity contribution in [2.75, 3.05) is 13.6 Å². The monoisotopic (exact) mass is 286 g/mol. The Balaban J connectivity index is 4.49. The van der Waals surface area contributed by atoms with Gasteiger partial charge in [0.2, 0.25) is 0 Å². The lowest BCUT2D eigenvalue weighted by atomic mass is 9.87. The summed E-state index contributed by atoms with van der Waals surface area (Å²) in [5.41, 5.74) is -0.0176. The van der Waals surface area contributed by atoms with Gasteiger partial charge in [-0.1, -0.05) is 34.6 Å². The molecule has 0 bridgehead atoms. The van der Waals surface area contributed by atoms with Gasteiger partial charge in [-0.3, -0.25) is 4.79 Å². The van der Waals surface area contributed by atoms with Crippen molar-refractivity contribution in [1.82, 2.24) is 10.2 Å². The van der Waals surface area contributed by atoms with E-state index in [1.165, 1.54) is 0 Å². The van der Waals surface area contributed by atoms with Crippen LogP contribution in [0.2, 0.25) is 0 Å². The summed E-state index contributed by atoms with van der Waals surface area (Å²) in [6.45, 7) is 12.3. The third kappa shape index (κ3) is 6.26. The molecule has 5 nitrogen and oxygen atoms in total. The summed E-state index contributed by atoms with van der Waals surface area (Å²) in [6.07, 6.45) is 0.564. The molecule has 0 heterocycles. The number of carboxylic acid groups (broad SMARTS) is 1. The van der Waals surface area contributed by atoms with Gasteiger partial charge in [0, 0.05) is 19.6 Å². The normalized spacial score (nSPS) is 14.8. The van der Waals surface area contributed by atoms with E-state index in [9.17, 15) is 9.59 Å². The van der Waals surface area contributed by atoms with Gasteiger partial charge >= 0.3 is 12.0 Å². The number of hydrogen-bond acceptors (Lipinski definition) is 2. The molecule has 0 fully saturated rings. The summed E-state index contributed by atoms with van der Waals surface area (Å²) in [6, 6.07) is -0.154. The van der Waals surface area contributed by atoms with E-state index in [1.807, 2.05) is 20.8 Å². The van der Waals surface area contributed by atoms with Crippen molar-refractivity contribution in [3.63, 3.8) is 0 Å². The molecular weight excluding hydrogens is 256 g/mol. The van der Waals surface area contributed by atoms with Gasteiger partial charge < -0.3 is 15.3 Å². The minimum Gasteiger partial charge on any atom is -0.481 e. The molecule has 118 valence electrons. The Bertz CT molecular complexity index is 335. The van der Waals surface area contributed by atoms with Gasteiger partial charge in [-0.05, 0) is 24.7 Å². The van der Waals surface area contributed by atoms with E-state index < -0.39 is 11.9 Å². The highest BCUT2D eigenvalue weighted by molar-refractivity contribution is 5.76.